The fraction of sp³-hybridized carbons (Fsp3) is 0. The van der Waals surface area contributed by atoms with Gasteiger partial charge in [-0.3, -0.25) is 0 Å². The Labute approximate surface area is 246 Å². The molecule has 0 aliphatic heterocycles. The maximum atomic E-state index is 2.34. The van der Waals surface area contributed by atoms with Crippen molar-refractivity contribution in [2.75, 3.05) is 0 Å². The topological polar surface area (TPSA) is 0 Å². The van der Waals surface area contributed by atoms with Gasteiger partial charge in [-0.2, -0.15) is 0 Å². The number of benzene rings is 8. The largest absolute Gasteiger partial charge is 0.0622 e. The normalized spacial score (nSPS) is 11.3. The predicted octanol–water partition coefficient (Wildman–Crippen LogP) is 11.8. The van der Waals surface area contributed by atoms with E-state index in [0.29, 0.717) is 0 Å². The molecule has 0 saturated heterocycles. The van der Waals surface area contributed by atoms with E-state index in [9.17, 15) is 0 Å². The molecule has 0 amide bonds. The van der Waals surface area contributed by atoms with Crippen molar-refractivity contribution in [1.29, 1.82) is 0 Å². The Bertz CT molecular complexity index is 2220. The molecule has 0 nitrogen and oxygen atoms in total. The molecule has 8 rings (SSSR count). The van der Waals surface area contributed by atoms with Crippen LogP contribution in [0.3, 0.4) is 0 Å². The lowest BCUT2D eigenvalue weighted by Crippen LogP contribution is -1.96. The van der Waals surface area contributed by atoms with E-state index in [2.05, 4.69) is 170 Å². The van der Waals surface area contributed by atoms with Gasteiger partial charge >= 0.3 is 0 Å². The van der Waals surface area contributed by atoms with Crippen LogP contribution in [0.1, 0.15) is 0 Å². The van der Waals surface area contributed by atoms with Gasteiger partial charge in [-0.1, -0.05) is 170 Å². The molecular formula is C42H28. The van der Waals surface area contributed by atoms with Crippen LogP contribution in [-0.2, 0) is 0 Å². The lowest BCUT2D eigenvalue weighted by atomic mass is 9.80. The molecule has 8 aromatic rings. The first-order valence-electron chi connectivity index (χ1n) is 14.5. The minimum Gasteiger partial charge on any atom is -0.0622 e. The van der Waals surface area contributed by atoms with E-state index in [0.717, 1.165) is 0 Å². The number of hydrogen-bond donors (Lipinski definition) is 0. The van der Waals surface area contributed by atoms with Gasteiger partial charge in [-0.25, -0.2) is 0 Å². The molecule has 0 fully saturated rings. The lowest BCUT2D eigenvalue weighted by Gasteiger charge is -2.23. The molecule has 0 aliphatic rings. The van der Waals surface area contributed by atoms with Gasteiger partial charge < -0.3 is 0 Å². The molecule has 42 heavy (non-hydrogen) atoms. The Morgan fingerprint density at radius 2 is 0.595 bits per heavy atom. The third-order valence-electron chi connectivity index (χ3n) is 8.49. The van der Waals surface area contributed by atoms with Crippen molar-refractivity contribution in [3.05, 3.63) is 170 Å². The van der Waals surface area contributed by atoms with Gasteiger partial charge in [0.25, 0.3) is 0 Å². The molecule has 8 aromatic carbocycles. The second-order valence-electron chi connectivity index (χ2n) is 10.9. The summed E-state index contributed by atoms with van der Waals surface area (Å²) in [5, 5.41) is 7.51. The summed E-state index contributed by atoms with van der Waals surface area (Å²) in [6, 6.07) is 61.9. The van der Waals surface area contributed by atoms with Gasteiger partial charge in [-0.15, -0.1) is 0 Å². The predicted molar refractivity (Wildman–Crippen MR) is 181 cm³/mol. The van der Waals surface area contributed by atoms with Crippen LogP contribution in [-0.4, -0.2) is 0 Å². The molecule has 0 unspecified atom stereocenters. The molecule has 0 aromatic heterocycles. The second kappa shape index (κ2) is 10.2. The zero-order chi connectivity index (χ0) is 27.9. The maximum absolute atomic E-state index is 2.34. The standard InChI is InChI=1S/C42H28/c1-2-13-32(14-3-1)36-27-28-40(37-24-10-18-29-15-4-7-21-33(29)37)42(39-26-12-20-31-17-6-9-23-35(31)39)41(36)38-25-11-19-30-16-5-8-22-34(30)38/h1-28H. The summed E-state index contributed by atoms with van der Waals surface area (Å²) in [7, 11) is 0. The van der Waals surface area contributed by atoms with Crippen LogP contribution in [0.5, 0.6) is 0 Å². The summed E-state index contributed by atoms with van der Waals surface area (Å²) in [5.74, 6) is 0. The van der Waals surface area contributed by atoms with E-state index in [1.807, 2.05) is 0 Å². The van der Waals surface area contributed by atoms with Crippen molar-refractivity contribution in [1.82, 2.24) is 0 Å². The average Bonchev–Trinajstić information content (AvgIpc) is 3.07. The van der Waals surface area contributed by atoms with Crippen LogP contribution < -0.4 is 0 Å². The van der Waals surface area contributed by atoms with Crippen molar-refractivity contribution < 1.29 is 0 Å². The van der Waals surface area contributed by atoms with Crippen molar-refractivity contribution >= 4 is 32.3 Å². The highest BCUT2D eigenvalue weighted by molar-refractivity contribution is 6.14. The van der Waals surface area contributed by atoms with Crippen LogP contribution in [0, 0.1) is 0 Å². The van der Waals surface area contributed by atoms with E-state index < -0.39 is 0 Å². The van der Waals surface area contributed by atoms with Gasteiger partial charge in [0.15, 0.2) is 0 Å². The SMILES string of the molecule is c1ccc(-c2ccc(-c3cccc4ccccc34)c(-c3cccc4ccccc34)c2-c2cccc3ccccc23)cc1. The van der Waals surface area contributed by atoms with Gasteiger partial charge in [0.1, 0.15) is 0 Å². The fourth-order valence-electron chi connectivity index (χ4n) is 6.59. The van der Waals surface area contributed by atoms with E-state index in [1.54, 1.807) is 0 Å². The molecule has 0 saturated carbocycles. The molecule has 0 spiro atoms. The summed E-state index contributed by atoms with van der Waals surface area (Å²) < 4.78 is 0. The van der Waals surface area contributed by atoms with E-state index in [4.69, 9.17) is 0 Å². The van der Waals surface area contributed by atoms with Crippen LogP contribution in [0.4, 0.5) is 0 Å². The molecule has 0 heteroatoms. The number of rotatable bonds is 4. The summed E-state index contributed by atoms with van der Waals surface area (Å²) in [6.45, 7) is 0. The molecule has 0 N–H and O–H groups in total. The van der Waals surface area contributed by atoms with E-state index in [1.165, 1.54) is 76.8 Å². The molecule has 0 atom stereocenters. The smallest absolute Gasteiger partial charge is 0.00139 e. The number of hydrogen-bond acceptors (Lipinski definition) is 0. The molecule has 0 aliphatic carbocycles. The van der Waals surface area contributed by atoms with E-state index >= 15 is 0 Å². The zero-order valence-electron chi connectivity index (χ0n) is 23.2. The van der Waals surface area contributed by atoms with Crippen LogP contribution >= 0.6 is 0 Å². The molecule has 0 bridgehead atoms. The first-order chi connectivity index (χ1) is 20.9. The second-order valence-corrected chi connectivity index (χ2v) is 10.9. The molecule has 0 heterocycles. The van der Waals surface area contributed by atoms with Gasteiger partial charge in [0.2, 0.25) is 0 Å². The Kier molecular flexibility index (Phi) is 5.90. The molecule has 196 valence electrons. The first kappa shape index (κ1) is 24.3. The highest BCUT2D eigenvalue weighted by Gasteiger charge is 2.22. The lowest BCUT2D eigenvalue weighted by molar-refractivity contribution is 1.57. The Morgan fingerprint density at radius 1 is 0.214 bits per heavy atom. The van der Waals surface area contributed by atoms with Crippen molar-refractivity contribution in [3.8, 4) is 44.5 Å². The van der Waals surface area contributed by atoms with E-state index in [-0.39, 0.29) is 0 Å². The van der Waals surface area contributed by atoms with Crippen molar-refractivity contribution in [2.45, 2.75) is 0 Å². The quantitative estimate of drug-likeness (QED) is 0.211. The average molecular weight is 533 g/mol. The van der Waals surface area contributed by atoms with Crippen LogP contribution in [0.2, 0.25) is 0 Å². The number of fused-ring (bicyclic) bond motifs is 3. The first-order valence-corrected chi connectivity index (χ1v) is 14.5. The highest BCUT2D eigenvalue weighted by Crippen LogP contribution is 2.49. The molecular weight excluding hydrogens is 504 g/mol. The Morgan fingerprint density at radius 3 is 1.14 bits per heavy atom. The monoisotopic (exact) mass is 532 g/mol. The summed E-state index contributed by atoms with van der Waals surface area (Å²) in [5.41, 5.74) is 9.96. The summed E-state index contributed by atoms with van der Waals surface area (Å²) >= 11 is 0. The Balaban J connectivity index is 1.60. The molecule has 0 radical (unpaired) electrons. The fourth-order valence-corrected chi connectivity index (χ4v) is 6.59. The van der Waals surface area contributed by atoms with Crippen molar-refractivity contribution in [3.63, 3.8) is 0 Å². The highest BCUT2D eigenvalue weighted by atomic mass is 14.2. The van der Waals surface area contributed by atoms with Gasteiger partial charge in [0, 0.05) is 0 Å². The summed E-state index contributed by atoms with van der Waals surface area (Å²) in [4.78, 5) is 0. The third-order valence-corrected chi connectivity index (χ3v) is 8.49. The van der Waals surface area contributed by atoms with Crippen molar-refractivity contribution in [2.24, 2.45) is 0 Å². The summed E-state index contributed by atoms with van der Waals surface area (Å²) in [6.07, 6.45) is 0. The minimum atomic E-state index is 1.21. The van der Waals surface area contributed by atoms with Crippen LogP contribution in [0.25, 0.3) is 76.8 Å². The van der Waals surface area contributed by atoms with Gasteiger partial charge in [-0.05, 0) is 76.8 Å². The van der Waals surface area contributed by atoms with Gasteiger partial charge in [0.05, 0.1) is 0 Å². The Hall–Kier alpha value is -5.46. The zero-order valence-corrected chi connectivity index (χ0v) is 23.2. The van der Waals surface area contributed by atoms with Crippen LogP contribution in [0.15, 0.2) is 170 Å². The minimum absolute atomic E-state index is 1.21. The third kappa shape index (κ3) is 4.00. The maximum Gasteiger partial charge on any atom is -0.00139 e.